The number of hydrogen-bond donors (Lipinski definition) is 3. The lowest BCUT2D eigenvalue weighted by atomic mass is 10.2. The van der Waals surface area contributed by atoms with Crippen molar-refractivity contribution in [1.82, 2.24) is 0 Å². The lowest BCUT2D eigenvalue weighted by molar-refractivity contribution is -0.148. The fourth-order valence-electron chi connectivity index (χ4n) is 0.784. The van der Waals surface area contributed by atoms with E-state index in [-0.39, 0.29) is 6.61 Å². The third-order valence-corrected chi connectivity index (χ3v) is 1.37. The average Bonchev–Trinajstić information content (AvgIpc) is 2.36. The van der Waals surface area contributed by atoms with Gasteiger partial charge in [-0.1, -0.05) is 30.3 Å². The van der Waals surface area contributed by atoms with Gasteiger partial charge in [0.2, 0.25) is 0 Å². The first-order chi connectivity index (χ1) is 9.29. The first-order valence-corrected chi connectivity index (χ1v) is 5.49. The Morgan fingerprint density at radius 1 is 1.00 bits per heavy atom. The monoisotopic (exact) mass is 286 g/mol. The maximum Gasteiger partial charge on any atom is 0.332 e. The summed E-state index contributed by atoms with van der Waals surface area (Å²) in [6, 6.07) is 9.32. The predicted molar refractivity (Wildman–Crippen MR) is 69.9 cm³/mol. The van der Waals surface area contributed by atoms with Crippen LogP contribution in [0.5, 0.6) is 0 Å². The highest BCUT2D eigenvalue weighted by molar-refractivity contribution is 5.70. The van der Waals surface area contributed by atoms with E-state index in [0.717, 1.165) is 19.4 Å². The zero-order valence-electron chi connectivity index (χ0n) is 11.3. The number of hydrogen-bond acceptors (Lipinski definition) is 5. The van der Waals surface area contributed by atoms with E-state index in [1.165, 1.54) is 0 Å². The van der Waals surface area contributed by atoms with Crippen LogP contribution < -0.4 is 0 Å². The SMILES string of the molecule is CC(=O)O.CC(=O)O.O=C(CO)OCc1ccccc1. The van der Waals surface area contributed by atoms with Crippen molar-refractivity contribution < 1.29 is 34.4 Å². The van der Waals surface area contributed by atoms with Crippen molar-refractivity contribution in [3.8, 4) is 0 Å². The Kier molecular flexibility index (Phi) is 13.0. The summed E-state index contributed by atoms with van der Waals surface area (Å²) in [5, 5.41) is 23.2. The Hall–Kier alpha value is -2.41. The molecular weight excluding hydrogens is 268 g/mol. The zero-order valence-corrected chi connectivity index (χ0v) is 11.3. The third kappa shape index (κ3) is 20.9. The molecule has 0 unspecified atom stereocenters. The normalized spacial score (nSPS) is 8.15. The number of aliphatic carboxylic acids is 2. The molecular formula is C13H18O7. The fourth-order valence-corrected chi connectivity index (χ4v) is 0.784. The lowest BCUT2D eigenvalue weighted by Gasteiger charge is -2.01. The second-order valence-corrected chi connectivity index (χ2v) is 3.34. The number of carbonyl (C=O) groups excluding carboxylic acids is 1. The van der Waals surface area contributed by atoms with Gasteiger partial charge in [0.25, 0.3) is 11.9 Å². The van der Waals surface area contributed by atoms with Crippen molar-refractivity contribution in [2.75, 3.05) is 6.61 Å². The van der Waals surface area contributed by atoms with Gasteiger partial charge in [-0.3, -0.25) is 9.59 Å². The van der Waals surface area contributed by atoms with Gasteiger partial charge in [-0.2, -0.15) is 0 Å². The topological polar surface area (TPSA) is 121 Å². The van der Waals surface area contributed by atoms with E-state index in [1.807, 2.05) is 30.3 Å². The van der Waals surface area contributed by atoms with Gasteiger partial charge < -0.3 is 20.1 Å². The summed E-state index contributed by atoms with van der Waals surface area (Å²) in [5.74, 6) is -2.26. The predicted octanol–water partition coefficient (Wildman–Crippen LogP) is 0.904. The number of aliphatic hydroxyl groups excluding tert-OH is 1. The summed E-state index contributed by atoms with van der Waals surface area (Å²) in [4.78, 5) is 28.5. The van der Waals surface area contributed by atoms with Gasteiger partial charge in [-0.25, -0.2) is 4.79 Å². The number of aliphatic hydroxyl groups is 1. The van der Waals surface area contributed by atoms with Crippen LogP contribution in [0.1, 0.15) is 19.4 Å². The van der Waals surface area contributed by atoms with E-state index in [0.29, 0.717) is 0 Å². The Balaban J connectivity index is 0. The molecule has 20 heavy (non-hydrogen) atoms. The van der Waals surface area contributed by atoms with Gasteiger partial charge in [0, 0.05) is 13.8 Å². The van der Waals surface area contributed by atoms with Crippen molar-refractivity contribution in [2.24, 2.45) is 0 Å². The van der Waals surface area contributed by atoms with E-state index >= 15 is 0 Å². The summed E-state index contributed by atoms with van der Waals surface area (Å²) in [6.45, 7) is 1.83. The smallest absolute Gasteiger partial charge is 0.332 e. The molecule has 1 rings (SSSR count). The van der Waals surface area contributed by atoms with Crippen molar-refractivity contribution in [2.45, 2.75) is 20.5 Å². The quantitative estimate of drug-likeness (QED) is 0.706. The van der Waals surface area contributed by atoms with Gasteiger partial charge in [-0.15, -0.1) is 0 Å². The van der Waals surface area contributed by atoms with E-state index in [4.69, 9.17) is 24.9 Å². The van der Waals surface area contributed by atoms with E-state index in [2.05, 4.69) is 4.74 Å². The molecule has 7 nitrogen and oxygen atoms in total. The molecule has 0 aliphatic heterocycles. The summed E-state index contributed by atoms with van der Waals surface area (Å²) < 4.78 is 4.69. The highest BCUT2D eigenvalue weighted by Gasteiger charge is 1.98. The van der Waals surface area contributed by atoms with Gasteiger partial charge in [0.05, 0.1) is 0 Å². The molecule has 0 spiro atoms. The van der Waals surface area contributed by atoms with Gasteiger partial charge >= 0.3 is 5.97 Å². The Bertz CT molecular complexity index is 380. The van der Waals surface area contributed by atoms with E-state index < -0.39 is 24.5 Å². The molecule has 7 heteroatoms. The maximum atomic E-state index is 10.5. The number of carboxylic acid groups (broad SMARTS) is 2. The maximum absolute atomic E-state index is 10.5. The molecule has 0 aliphatic carbocycles. The summed E-state index contributed by atoms with van der Waals surface area (Å²) in [7, 11) is 0. The highest BCUT2D eigenvalue weighted by atomic mass is 16.5. The number of carbonyl (C=O) groups is 3. The van der Waals surface area contributed by atoms with Crippen molar-refractivity contribution in [3.63, 3.8) is 0 Å². The number of benzene rings is 1. The zero-order chi connectivity index (χ0) is 16.0. The first-order valence-electron chi connectivity index (χ1n) is 5.49. The highest BCUT2D eigenvalue weighted by Crippen LogP contribution is 1.99. The summed E-state index contributed by atoms with van der Waals surface area (Å²) in [6.07, 6.45) is 0. The Morgan fingerprint density at radius 2 is 1.40 bits per heavy atom. The molecule has 3 N–H and O–H groups in total. The fraction of sp³-hybridized carbons (Fsp3) is 0.308. The molecule has 0 fully saturated rings. The standard InChI is InChI=1S/C9H10O3.2C2H4O2/c10-6-9(11)12-7-8-4-2-1-3-5-8;2*1-2(3)4/h1-5,10H,6-7H2;2*1H3,(H,3,4). The lowest BCUT2D eigenvalue weighted by Crippen LogP contribution is -2.08. The van der Waals surface area contributed by atoms with Crippen LogP contribution in [-0.2, 0) is 25.7 Å². The van der Waals surface area contributed by atoms with E-state index in [9.17, 15) is 4.79 Å². The molecule has 0 aromatic heterocycles. The van der Waals surface area contributed by atoms with Crippen LogP contribution in [0.4, 0.5) is 0 Å². The van der Waals surface area contributed by atoms with Crippen LogP contribution in [0.25, 0.3) is 0 Å². The molecule has 112 valence electrons. The van der Waals surface area contributed by atoms with Crippen LogP contribution in [-0.4, -0.2) is 39.8 Å². The van der Waals surface area contributed by atoms with Crippen molar-refractivity contribution in [1.29, 1.82) is 0 Å². The summed E-state index contributed by atoms with van der Waals surface area (Å²) >= 11 is 0. The van der Waals surface area contributed by atoms with Crippen LogP contribution >= 0.6 is 0 Å². The minimum absolute atomic E-state index is 0.222. The Morgan fingerprint density at radius 3 is 1.75 bits per heavy atom. The number of rotatable bonds is 3. The summed E-state index contributed by atoms with van der Waals surface area (Å²) in [5.41, 5.74) is 0.916. The average molecular weight is 286 g/mol. The molecule has 1 aromatic rings. The van der Waals surface area contributed by atoms with Crippen LogP contribution in [0.3, 0.4) is 0 Å². The van der Waals surface area contributed by atoms with Crippen LogP contribution in [0.15, 0.2) is 30.3 Å². The van der Waals surface area contributed by atoms with Crippen molar-refractivity contribution >= 4 is 17.9 Å². The third-order valence-electron chi connectivity index (χ3n) is 1.37. The van der Waals surface area contributed by atoms with Crippen LogP contribution in [0.2, 0.25) is 0 Å². The van der Waals surface area contributed by atoms with Gasteiger partial charge in [0.1, 0.15) is 13.2 Å². The van der Waals surface area contributed by atoms with Gasteiger partial charge in [-0.05, 0) is 5.56 Å². The molecule has 0 amide bonds. The minimum Gasteiger partial charge on any atom is -0.481 e. The Labute approximate surface area is 116 Å². The minimum atomic E-state index is -0.833. The van der Waals surface area contributed by atoms with Crippen molar-refractivity contribution in [3.05, 3.63) is 35.9 Å². The molecule has 1 aromatic carbocycles. The van der Waals surface area contributed by atoms with Gasteiger partial charge in [0.15, 0.2) is 0 Å². The molecule has 0 atom stereocenters. The first kappa shape index (κ1) is 19.9. The molecule has 0 aliphatic rings. The second-order valence-electron chi connectivity index (χ2n) is 3.34. The second kappa shape index (κ2) is 13.0. The molecule has 0 saturated carbocycles. The number of carboxylic acids is 2. The molecule has 0 bridgehead atoms. The largest absolute Gasteiger partial charge is 0.481 e. The molecule has 0 saturated heterocycles. The number of ether oxygens (including phenoxy) is 1. The van der Waals surface area contributed by atoms with Crippen LogP contribution in [0, 0.1) is 0 Å². The molecule has 0 radical (unpaired) electrons. The van der Waals surface area contributed by atoms with E-state index in [1.54, 1.807) is 0 Å². The number of esters is 1. The molecule has 0 heterocycles.